The number of rotatable bonds is 5. The molecule has 126 valence electrons. The number of aromatic nitrogens is 1. The average Bonchev–Trinajstić information content (AvgIpc) is 2.56. The Morgan fingerprint density at radius 2 is 1.58 bits per heavy atom. The number of pyridine rings is 1. The number of esters is 2. The zero-order valence-electron chi connectivity index (χ0n) is 13.5. The van der Waals surface area contributed by atoms with Crippen LogP contribution in [0.25, 0.3) is 11.3 Å². The second kappa shape index (κ2) is 7.45. The molecule has 0 atom stereocenters. The maximum absolute atomic E-state index is 11.9. The van der Waals surface area contributed by atoms with Crippen LogP contribution in [0, 0.1) is 0 Å². The monoisotopic (exact) mass is 329 g/mol. The van der Waals surface area contributed by atoms with Gasteiger partial charge in [0.25, 0.3) is 0 Å². The molecule has 2 rings (SSSR count). The van der Waals surface area contributed by atoms with E-state index in [-0.39, 0.29) is 30.2 Å². The quantitative estimate of drug-likeness (QED) is 0.638. The van der Waals surface area contributed by atoms with E-state index in [9.17, 15) is 9.59 Å². The van der Waals surface area contributed by atoms with Crippen LogP contribution in [0.4, 0.5) is 11.4 Å². The molecule has 0 spiro atoms. The molecule has 2 aromatic rings. The van der Waals surface area contributed by atoms with Gasteiger partial charge in [-0.25, -0.2) is 14.6 Å². The normalized spacial score (nSPS) is 10.2. The van der Waals surface area contributed by atoms with Gasteiger partial charge in [-0.05, 0) is 38.1 Å². The van der Waals surface area contributed by atoms with Crippen molar-refractivity contribution in [1.82, 2.24) is 4.98 Å². The van der Waals surface area contributed by atoms with Crippen molar-refractivity contribution in [3.05, 3.63) is 41.6 Å². The molecule has 0 unspecified atom stereocenters. The fourth-order valence-corrected chi connectivity index (χ4v) is 2.09. The summed E-state index contributed by atoms with van der Waals surface area (Å²) < 4.78 is 9.92. The van der Waals surface area contributed by atoms with Gasteiger partial charge in [-0.3, -0.25) is 0 Å². The zero-order valence-corrected chi connectivity index (χ0v) is 13.5. The molecule has 0 aliphatic carbocycles. The first-order chi connectivity index (χ1) is 11.5. The molecule has 4 N–H and O–H groups in total. The Morgan fingerprint density at radius 3 is 2.25 bits per heavy atom. The second-order valence-corrected chi connectivity index (χ2v) is 4.88. The van der Waals surface area contributed by atoms with Crippen LogP contribution in [0.5, 0.6) is 0 Å². The second-order valence-electron chi connectivity index (χ2n) is 4.88. The van der Waals surface area contributed by atoms with Crippen LogP contribution < -0.4 is 11.5 Å². The van der Waals surface area contributed by atoms with Crippen LogP contribution in [0.1, 0.15) is 34.7 Å². The number of hydrogen-bond donors (Lipinski definition) is 2. The third-order valence-electron chi connectivity index (χ3n) is 3.24. The van der Waals surface area contributed by atoms with E-state index < -0.39 is 11.9 Å². The molecule has 0 saturated heterocycles. The Morgan fingerprint density at radius 1 is 0.958 bits per heavy atom. The van der Waals surface area contributed by atoms with Crippen molar-refractivity contribution in [2.24, 2.45) is 0 Å². The van der Waals surface area contributed by atoms with E-state index in [4.69, 9.17) is 20.9 Å². The SMILES string of the molecule is CCOC(=O)c1cc(-c2ccc(N)c(C(=O)OCC)n2)ccc1N. The van der Waals surface area contributed by atoms with Crippen molar-refractivity contribution in [3.8, 4) is 11.3 Å². The fraction of sp³-hybridized carbons (Fsp3) is 0.235. The summed E-state index contributed by atoms with van der Waals surface area (Å²) in [5.74, 6) is -1.11. The van der Waals surface area contributed by atoms with E-state index in [2.05, 4.69) is 4.98 Å². The van der Waals surface area contributed by atoms with Crippen molar-refractivity contribution in [2.45, 2.75) is 13.8 Å². The fourth-order valence-electron chi connectivity index (χ4n) is 2.09. The molecule has 7 nitrogen and oxygen atoms in total. The van der Waals surface area contributed by atoms with Gasteiger partial charge in [0.15, 0.2) is 5.69 Å². The largest absolute Gasteiger partial charge is 0.462 e. The molecule has 1 aromatic carbocycles. The van der Waals surface area contributed by atoms with E-state index >= 15 is 0 Å². The van der Waals surface area contributed by atoms with Crippen molar-refractivity contribution >= 4 is 23.3 Å². The van der Waals surface area contributed by atoms with Crippen LogP contribution in [0.15, 0.2) is 30.3 Å². The van der Waals surface area contributed by atoms with Gasteiger partial charge in [-0.1, -0.05) is 6.07 Å². The number of nitrogen functional groups attached to an aromatic ring is 2. The third kappa shape index (κ3) is 3.62. The highest BCUT2D eigenvalue weighted by Crippen LogP contribution is 2.25. The van der Waals surface area contributed by atoms with Crippen LogP contribution >= 0.6 is 0 Å². The number of carbonyl (C=O) groups is 2. The maximum atomic E-state index is 11.9. The lowest BCUT2D eigenvalue weighted by Gasteiger charge is -2.10. The topological polar surface area (TPSA) is 118 Å². The zero-order chi connectivity index (χ0) is 17.7. The molecule has 0 radical (unpaired) electrons. The number of carbonyl (C=O) groups excluding carboxylic acids is 2. The Balaban J connectivity index is 2.45. The standard InChI is InChI=1S/C17H19N3O4/c1-3-23-16(21)11-9-10(5-6-12(11)18)14-8-7-13(19)15(20-14)17(22)24-4-2/h5-9H,3-4,18-19H2,1-2H3. The molecule has 0 saturated carbocycles. The molecule has 1 aromatic heterocycles. The number of hydrogen-bond acceptors (Lipinski definition) is 7. The number of ether oxygens (including phenoxy) is 2. The van der Waals surface area contributed by atoms with Crippen LogP contribution in [0.2, 0.25) is 0 Å². The van der Waals surface area contributed by atoms with Crippen molar-refractivity contribution < 1.29 is 19.1 Å². The Hall–Kier alpha value is -3.09. The molecule has 0 amide bonds. The highest BCUT2D eigenvalue weighted by molar-refractivity contribution is 5.97. The minimum Gasteiger partial charge on any atom is -0.462 e. The number of nitrogens with two attached hydrogens (primary N) is 2. The summed E-state index contributed by atoms with van der Waals surface area (Å²) >= 11 is 0. The Bertz CT molecular complexity index is 709. The van der Waals surface area contributed by atoms with E-state index in [1.807, 2.05) is 0 Å². The van der Waals surface area contributed by atoms with E-state index in [0.29, 0.717) is 16.9 Å². The molecule has 0 aliphatic rings. The molecule has 24 heavy (non-hydrogen) atoms. The molecular formula is C17H19N3O4. The summed E-state index contributed by atoms with van der Waals surface area (Å²) in [5.41, 5.74) is 13.5. The van der Waals surface area contributed by atoms with Crippen LogP contribution in [-0.4, -0.2) is 30.1 Å². The lowest BCUT2D eigenvalue weighted by molar-refractivity contribution is 0.0514. The van der Waals surface area contributed by atoms with Crippen LogP contribution in [-0.2, 0) is 9.47 Å². The maximum Gasteiger partial charge on any atom is 0.359 e. The van der Waals surface area contributed by atoms with Crippen molar-refractivity contribution in [1.29, 1.82) is 0 Å². The van der Waals surface area contributed by atoms with Crippen molar-refractivity contribution in [3.63, 3.8) is 0 Å². The highest BCUT2D eigenvalue weighted by atomic mass is 16.5. The summed E-state index contributed by atoms with van der Waals surface area (Å²) in [6.07, 6.45) is 0. The predicted octanol–water partition coefficient (Wildman–Crippen LogP) is 2.27. The van der Waals surface area contributed by atoms with Crippen LogP contribution in [0.3, 0.4) is 0 Å². The molecule has 1 heterocycles. The smallest absolute Gasteiger partial charge is 0.359 e. The van der Waals surface area contributed by atoms with Crippen molar-refractivity contribution in [2.75, 3.05) is 24.7 Å². The van der Waals surface area contributed by atoms with Gasteiger partial charge in [0, 0.05) is 11.3 Å². The van der Waals surface area contributed by atoms with Gasteiger partial charge in [-0.2, -0.15) is 0 Å². The Labute approximate surface area is 139 Å². The summed E-state index contributed by atoms with van der Waals surface area (Å²) in [5, 5.41) is 0. The first-order valence-electron chi connectivity index (χ1n) is 7.48. The minimum atomic E-state index is -0.599. The van der Waals surface area contributed by atoms with Gasteiger partial charge in [-0.15, -0.1) is 0 Å². The summed E-state index contributed by atoms with van der Waals surface area (Å²) in [4.78, 5) is 28.1. The molecule has 0 bridgehead atoms. The molecule has 0 fully saturated rings. The average molecular weight is 329 g/mol. The molecule has 7 heteroatoms. The number of nitrogens with zero attached hydrogens (tertiary/aromatic N) is 1. The summed E-state index contributed by atoms with van der Waals surface area (Å²) in [6.45, 7) is 3.88. The van der Waals surface area contributed by atoms with Gasteiger partial charge in [0.1, 0.15) is 0 Å². The third-order valence-corrected chi connectivity index (χ3v) is 3.24. The van der Waals surface area contributed by atoms with Gasteiger partial charge >= 0.3 is 11.9 Å². The Kier molecular flexibility index (Phi) is 5.36. The lowest BCUT2D eigenvalue weighted by Crippen LogP contribution is -2.11. The number of anilines is 2. The lowest BCUT2D eigenvalue weighted by atomic mass is 10.1. The summed E-state index contributed by atoms with van der Waals surface area (Å²) in [7, 11) is 0. The minimum absolute atomic E-state index is 0.0314. The number of benzene rings is 1. The first kappa shape index (κ1) is 17.3. The van der Waals surface area contributed by atoms with Gasteiger partial charge in [0.05, 0.1) is 30.2 Å². The van der Waals surface area contributed by atoms with E-state index in [1.165, 1.54) is 0 Å². The van der Waals surface area contributed by atoms with Gasteiger partial charge < -0.3 is 20.9 Å². The van der Waals surface area contributed by atoms with E-state index in [1.54, 1.807) is 44.2 Å². The summed E-state index contributed by atoms with van der Waals surface area (Å²) in [6, 6.07) is 8.07. The molecule has 0 aliphatic heterocycles. The van der Waals surface area contributed by atoms with E-state index in [0.717, 1.165) is 0 Å². The first-order valence-corrected chi connectivity index (χ1v) is 7.48. The predicted molar refractivity (Wildman–Crippen MR) is 90.4 cm³/mol. The van der Waals surface area contributed by atoms with Gasteiger partial charge in [0.2, 0.25) is 0 Å². The molecular weight excluding hydrogens is 310 g/mol. The highest BCUT2D eigenvalue weighted by Gasteiger charge is 2.16.